The van der Waals surface area contributed by atoms with E-state index in [-0.39, 0.29) is 5.25 Å². The number of methoxy groups -OCH3 is 1. The zero-order valence-corrected chi connectivity index (χ0v) is 21.4. The molecule has 0 fully saturated rings. The van der Waals surface area contributed by atoms with Crippen LogP contribution in [0.1, 0.15) is 25.0 Å². The highest BCUT2D eigenvalue weighted by atomic mass is 32.2. The van der Waals surface area contributed by atoms with E-state index >= 15 is 0 Å². The van der Waals surface area contributed by atoms with Crippen molar-refractivity contribution in [1.29, 1.82) is 0 Å². The number of nitrogens with one attached hydrogen (secondary N) is 1. The summed E-state index contributed by atoms with van der Waals surface area (Å²) in [5.74, 6) is 0.548. The molecule has 6 heteroatoms. The quantitative estimate of drug-likeness (QED) is 0.335. The molecule has 1 N–H and O–H groups in total. The largest absolute Gasteiger partial charge is 0.495 e. The Bertz CT molecular complexity index is 1340. The predicted molar refractivity (Wildman–Crippen MR) is 141 cm³/mol. The smallest absolute Gasteiger partial charge is 0.137 e. The van der Waals surface area contributed by atoms with E-state index in [1.807, 2.05) is 112 Å². The van der Waals surface area contributed by atoms with Crippen molar-refractivity contribution in [3.05, 3.63) is 102 Å². The molecule has 176 valence electrons. The zero-order chi connectivity index (χ0) is 24.3. The van der Waals surface area contributed by atoms with Crippen LogP contribution in [0.4, 0.5) is 0 Å². The van der Waals surface area contributed by atoms with Gasteiger partial charge in [-0.3, -0.25) is 4.21 Å². The zero-order valence-electron chi connectivity index (χ0n) is 19.8. The van der Waals surface area contributed by atoms with Crippen molar-refractivity contribution in [2.24, 2.45) is 0 Å². The van der Waals surface area contributed by atoms with E-state index in [9.17, 15) is 8.42 Å². The summed E-state index contributed by atoms with van der Waals surface area (Å²) in [7, 11) is -1.41. The molecule has 0 aromatic heterocycles. The Morgan fingerprint density at radius 3 is 2.18 bits per heavy atom. The van der Waals surface area contributed by atoms with Crippen LogP contribution in [0.3, 0.4) is 0 Å². The second-order valence-corrected chi connectivity index (χ2v) is 11.4. The molecule has 0 aliphatic carbocycles. The average molecular weight is 492 g/mol. The second-order valence-electron chi connectivity index (χ2n) is 8.51. The Morgan fingerprint density at radius 1 is 0.853 bits per heavy atom. The minimum atomic E-state index is -1.65. The number of hydrogen-bond donors (Lipinski definition) is 1. The Hall–Kier alpha value is -2.80. The summed E-state index contributed by atoms with van der Waals surface area (Å²) in [6.45, 7) is 5.91. The van der Waals surface area contributed by atoms with Gasteiger partial charge in [0.25, 0.3) is 0 Å². The maximum Gasteiger partial charge on any atom is 0.137 e. The fourth-order valence-corrected chi connectivity index (χ4v) is 7.08. The normalized spacial score (nSPS) is 15.9. The van der Waals surface area contributed by atoms with Gasteiger partial charge in [0.2, 0.25) is 0 Å². The van der Waals surface area contributed by atoms with Crippen LogP contribution in [-0.4, -0.2) is 20.8 Å². The molecule has 0 amide bonds. The minimum absolute atomic E-state index is 0.387. The van der Waals surface area contributed by atoms with Crippen LogP contribution in [0.5, 0.6) is 5.75 Å². The maximum absolute atomic E-state index is 14.0. The topological polar surface area (TPSA) is 55.4 Å². The van der Waals surface area contributed by atoms with Crippen molar-refractivity contribution < 1.29 is 13.2 Å². The van der Waals surface area contributed by atoms with E-state index < -0.39 is 27.3 Å². The van der Waals surface area contributed by atoms with Gasteiger partial charge >= 0.3 is 0 Å². The first-order valence-electron chi connectivity index (χ1n) is 11.1. The Balaban J connectivity index is 1.79. The van der Waals surface area contributed by atoms with E-state index in [1.165, 1.54) is 0 Å². The van der Waals surface area contributed by atoms with Crippen LogP contribution in [0.25, 0.3) is 10.8 Å². The Labute approximate surface area is 206 Å². The molecule has 0 saturated carbocycles. The lowest BCUT2D eigenvalue weighted by Crippen LogP contribution is -2.50. The highest BCUT2D eigenvalue weighted by molar-refractivity contribution is 7.86. The molecule has 4 nitrogen and oxygen atoms in total. The summed E-state index contributed by atoms with van der Waals surface area (Å²) < 4.78 is 36.6. The maximum atomic E-state index is 14.0. The molecule has 0 unspecified atom stereocenters. The summed E-state index contributed by atoms with van der Waals surface area (Å²) in [6.07, 6.45) is 0. The third-order valence-corrected chi connectivity index (χ3v) is 9.57. The van der Waals surface area contributed by atoms with Crippen LogP contribution in [0.2, 0.25) is 0 Å². The third-order valence-electron chi connectivity index (χ3n) is 6.31. The van der Waals surface area contributed by atoms with E-state index in [0.29, 0.717) is 10.6 Å². The lowest BCUT2D eigenvalue weighted by atomic mass is 9.90. The van der Waals surface area contributed by atoms with Gasteiger partial charge in [0.05, 0.1) is 28.7 Å². The molecule has 0 saturated heterocycles. The first-order chi connectivity index (χ1) is 16.3. The summed E-state index contributed by atoms with van der Waals surface area (Å²) in [4.78, 5) is 1.33. The fourth-order valence-electron chi connectivity index (χ4n) is 4.07. The van der Waals surface area contributed by atoms with Crippen LogP contribution in [0, 0.1) is 6.92 Å². The standard InChI is InChI=1S/C28H29NO3S2/c1-20-14-17-24(18-15-20)33(30)21(2)28(3,23-11-6-5-7-12-23)29-34(31)27-25-13-9-8-10-22(25)16-19-26(27)32-4/h5-19,21,29H,1-4H3/t21-,28-,33-,34-/m1/s1. The third kappa shape index (κ3) is 4.71. The van der Waals surface area contributed by atoms with Gasteiger partial charge in [-0.2, -0.15) is 0 Å². The number of rotatable bonds is 8. The second kappa shape index (κ2) is 10.2. The molecule has 0 radical (unpaired) electrons. The summed E-state index contributed by atoms with van der Waals surface area (Å²) in [5.41, 5.74) is 1.17. The van der Waals surface area contributed by atoms with Crippen LogP contribution >= 0.6 is 0 Å². The monoisotopic (exact) mass is 491 g/mol. The van der Waals surface area contributed by atoms with Crippen LogP contribution < -0.4 is 9.46 Å². The molecular formula is C28H29NO3S2. The first-order valence-corrected chi connectivity index (χ1v) is 13.5. The van der Waals surface area contributed by atoms with E-state index in [0.717, 1.165) is 26.8 Å². The number of ether oxygens (including phenoxy) is 1. The van der Waals surface area contributed by atoms with Gasteiger partial charge in [0.1, 0.15) is 21.6 Å². The van der Waals surface area contributed by atoms with Crippen molar-refractivity contribution in [3.63, 3.8) is 0 Å². The highest BCUT2D eigenvalue weighted by Crippen LogP contribution is 2.35. The minimum Gasteiger partial charge on any atom is -0.495 e. The summed E-state index contributed by atoms with van der Waals surface area (Å²) in [6, 6.07) is 29.1. The molecule has 4 aromatic carbocycles. The molecule has 4 rings (SSSR count). The van der Waals surface area contributed by atoms with Gasteiger partial charge in [-0.05, 0) is 49.9 Å². The molecular weight excluding hydrogens is 462 g/mol. The number of fused-ring (bicyclic) bond motifs is 1. The lowest BCUT2D eigenvalue weighted by molar-refractivity contribution is 0.402. The number of benzene rings is 4. The molecule has 4 aromatic rings. The SMILES string of the molecule is COc1ccc2ccccc2c1[S@@](=O)N[C@@](C)(c1ccccc1)[C@@H](C)[S@@](=O)c1ccc(C)cc1. The van der Waals surface area contributed by atoms with Gasteiger partial charge in [0.15, 0.2) is 0 Å². The Kier molecular flexibility index (Phi) is 7.31. The molecule has 4 atom stereocenters. The van der Waals surface area contributed by atoms with Crippen molar-refractivity contribution in [3.8, 4) is 5.75 Å². The van der Waals surface area contributed by atoms with Gasteiger partial charge in [-0.25, -0.2) is 8.93 Å². The van der Waals surface area contributed by atoms with Crippen molar-refractivity contribution in [2.45, 2.75) is 41.4 Å². The van der Waals surface area contributed by atoms with Gasteiger partial charge in [-0.15, -0.1) is 0 Å². The highest BCUT2D eigenvalue weighted by Gasteiger charge is 2.39. The number of hydrogen-bond acceptors (Lipinski definition) is 3. The van der Waals surface area contributed by atoms with Crippen molar-refractivity contribution >= 4 is 32.6 Å². The molecule has 0 bridgehead atoms. The molecule has 0 spiro atoms. The predicted octanol–water partition coefficient (Wildman–Crippen LogP) is 5.88. The van der Waals surface area contributed by atoms with Gasteiger partial charge in [-0.1, -0.05) is 78.4 Å². The molecule has 0 heterocycles. The van der Waals surface area contributed by atoms with E-state index in [4.69, 9.17) is 4.74 Å². The molecule has 0 aliphatic rings. The van der Waals surface area contributed by atoms with Crippen molar-refractivity contribution in [1.82, 2.24) is 4.72 Å². The van der Waals surface area contributed by atoms with Crippen LogP contribution in [0.15, 0.2) is 101 Å². The summed E-state index contributed by atoms with van der Waals surface area (Å²) >= 11 is 0. The lowest BCUT2D eigenvalue weighted by Gasteiger charge is -2.36. The van der Waals surface area contributed by atoms with Crippen LogP contribution in [-0.2, 0) is 27.3 Å². The molecule has 0 aliphatic heterocycles. The van der Waals surface area contributed by atoms with E-state index in [1.54, 1.807) is 7.11 Å². The average Bonchev–Trinajstić information content (AvgIpc) is 2.87. The summed E-state index contributed by atoms with van der Waals surface area (Å²) in [5, 5.41) is 1.45. The first kappa shape index (κ1) is 24.3. The van der Waals surface area contributed by atoms with Gasteiger partial charge in [0, 0.05) is 10.3 Å². The fraction of sp³-hybridized carbons (Fsp3) is 0.214. The molecule has 34 heavy (non-hydrogen) atoms. The van der Waals surface area contributed by atoms with Crippen molar-refractivity contribution in [2.75, 3.05) is 7.11 Å². The number of aryl methyl sites for hydroxylation is 1. The Morgan fingerprint density at radius 2 is 1.50 bits per heavy atom. The van der Waals surface area contributed by atoms with Gasteiger partial charge < -0.3 is 4.74 Å². The van der Waals surface area contributed by atoms with E-state index in [2.05, 4.69) is 4.72 Å².